The zero-order chi connectivity index (χ0) is 12.4. The average molecular weight is 256 g/mol. The molecule has 1 saturated carbocycles. The molecule has 0 aromatic heterocycles. The van der Waals surface area contributed by atoms with Crippen LogP contribution in [0.5, 0.6) is 0 Å². The van der Waals surface area contributed by atoms with E-state index in [0.717, 1.165) is 11.5 Å². The first-order chi connectivity index (χ1) is 8.08. The fraction of sp³-hybridized carbons (Fsp3) is 0.571. The summed E-state index contributed by atoms with van der Waals surface area (Å²) in [5.74, 6) is 0.447. The molecule has 0 heterocycles. The Hall–Kier alpha value is -0.600. The van der Waals surface area contributed by atoms with Crippen molar-refractivity contribution in [2.75, 3.05) is 0 Å². The van der Waals surface area contributed by atoms with E-state index in [0.29, 0.717) is 6.04 Å². The van der Waals surface area contributed by atoms with Crippen LogP contribution in [0.25, 0.3) is 0 Å². The summed E-state index contributed by atoms with van der Waals surface area (Å²) < 4.78 is 13.1. The molecule has 1 fully saturated rings. The van der Waals surface area contributed by atoms with Gasteiger partial charge in [0.2, 0.25) is 0 Å². The molecule has 2 atom stereocenters. The average Bonchev–Trinajstić information content (AvgIpc) is 2.19. The van der Waals surface area contributed by atoms with E-state index in [1.807, 2.05) is 0 Å². The Balaban J connectivity index is 1.98. The molecule has 0 radical (unpaired) electrons. The van der Waals surface area contributed by atoms with E-state index in [4.69, 9.17) is 11.6 Å². The lowest BCUT2D eigenvalue weighted by Gasteiger charge is -2.34. The molecule has 0 saturated heterocycles. The fourth-order valence-electron chi connectivity index (χ4n) is 2.35. The van der Waals surface area contributed by atoms with Crippen molar-refractivity contribution in [2.45, 2.75) is 45.2 Å². The smallest absolute Gasteiger partial charge is 0.141 e. The van der Waals surface area contributed by atoms with Crippen LogP contribution in [0.1, 0.15) is 44.7 Å². The maximum absolute atomic E-state index is 13.1. The van der Waals surface area contributed by atoms with Crippen molar-refractivity contribution in [1.82, 2.24) is 5.32 Å². The molecule has 2 unspecified atom stereocenters. The second-order valence-corrected chi connectivity index (χ2v) is 5.45. The SMILES string of the molecule is CC(NC(C)C1CCC1)c1ccc(F)c(Cl)c1. The molecule has 17 heavy (non-hydrogen) atoms. The molecular formula is C14H19ClFN. The third kappa shape index (κ3) is 2.99. The first kappa shape index (κ1) is 12.8. The molecule has 1 N–H and O–H groups in total. The van der Waals surface area contributed by atoms with Gasteiger partial charge in [0, 0.05) is 12.1 Å². The highest BCUT2D eigenvalue weighted by Gasteiger charge is 2.24. The third-order valence-electron chi connectivity index (χ3n) is 3.81. The fourth-order valence-corrected chi connectivity index (χ4v) is 2.54. The number of nitrogens with one attached hydrogen (secondary N) is 1. The van der Waals surface area contributed by atoms with E-state index in [-0.39, 0.29) is 16.9 Å². The molecule has 0 amide bonds. The van der Waals surface area contributed by atoms with Crippen molar-refractivity contribution in [3.8, 4) is 0 Å². The highest BCUT2D eigenvalue weighted by molar-refractivity contribution is 6.30. The summed E-state index contributed by atoms with van der Waals surface area (Å²) >= 11 is 5.79. The van der Waals surface area contributed by atoms with E-state index in [1.54, 1.807) is 12.1 Å². The molecule has 0 spiro atoms. The van der Waals surface area contributed by atoms with Gasteiger partial charge in [-0.15, -0.1) is 0 Å². The number of rotatable bonds is 4. The predicted octanol–water partition coefficient (Wildman–Crippen LogP) is 4.32. The van der Waals surface area contributed by atoms with Crippen molar-refractivity contribution in [3.63, 3.8) is 0 Å². The maximum atomic E-state index is 13.1. The second-order valence-electron chi connectivity index (χ2n) is 5.04. The van der Waals surface area contributed by atoms with Crippen LogP contribution in [0, 0.1) is 11.7 Å². The van der Waals surface area contributed by atoms with Crippen molar-refractivity contribution < 1.29 is 4.39 Å². The quantitative estimate of drug-likeness (QED) is 0.845. The largest absolute Gasteiger partial charge is 0.307 e. The molecule has 1 aromatic carbocycles. The summed E-state index contributed by atoms with van der Waals surface area (Å²) in [6.45, 7) is 4.32. The number of benzene rings is 1. The summed E-state index contributed by atoms with van der Waals surface area (Å²) in [6.07, 6.45) is 4.00. The van der Waals surface area contributed by atoms with Gasteiger partial charge in [-0.3, -0.25) is 0 Å². The zero-order valence-corrected chi connectivity index (χ0v) is 11.1. The Morgan fingerprint density at radius 2 is 2.06 bits per heavy atom. The summed E-state index contributed by atoms with van der Waals surface area (Å²) in [7, 11) is 0. The molecule has 3 heteroatoms. The summed E-state index contributed by atoms with van der Waals surface area (Å²) in [5, 5.41) is 3.76. The minimum atomic E-state index is -0.352. The molecule has 1 nitrogen and oxygen atoms in total. The third-order valence-corrected chi connectivity index (χ3v) is 4.10. The Labute approximate surface area is 107 Å². The molecule has 1 aromatic rings. The van der Waals surface area contributed by atoms with Crippen molar-refractivity contribution in [1.29, 1.82) is 0 Å². The molecule has 94 valence electrons. The van der Waals surface area contributed by atoms with Gasteiger partial charge >= 0.3 is 0 Å². The Morgan fingerprint density at radius 1 is 1.35 bits per heavy atom. The van der Waals surface area contributed by atoms with Crippen LogP contribution < -0.4 is 5.32 Å². The van der Waals surface area contributed by atoms with Crippen LogP contribution in [-0.2, 0) is 0 Å². The van der Waals surface area contributed by atoms with Gasteiger partial charge in [0.15, 0.2) is 0 Å². The monoisotopic (exact) mass is 255 g/mol. The van der Waals surface area contributed by atoms with Crippen molar-refractivity contribution in [3.05, 3.63) is 34.6 Å². The first-order valence-corrected chi connectivity index (χ1v) is 6.66. The lowest BCUT2D eigenvalue weighted by molar-refractivity contribution is 0.229. The van der Waals surface area contributed by atoms with E-state index in [9.17, 15) is 4.39 Å². The summed E-state index contributed by atoms with van der Waals surface area (Å²) in [4.78, 5) is 0. The number of hydrogen-bond acceptors (Lipinski definition) is 1. The van der Waals surface area contributed by atoms with Gasteiger partial charge in [-0.2, -0.15) is 0 Å². The number of halogens is 2. The highest BCUT2D eigenvalue weighted by Crippen LogP contribution is 2.30. The Bertz CT molecular complexity index is 390. The van der Waals surface area contributed by atoms with E-state index < -0.39 is 0 Å². The highest BCUT2D eigenvalue weighted by atomic mass is 35.5. The minimum absolute atomic E-state index is 0.201. The number of hydrogen-bond donors (Lipinski definition) is 1. The van der Waals surface area contributed by atoms with Gasteiger partial charge < -0.3 is 5.32 Å². The van der Waals surface area contributed by atoms with Gasteiger partial charge in [0.05, 0.1) is 5.02 Å². The van der Waals surface area contributed by atoms with Crippen LogP contribution in [0.3, 0.4) is 0 Å². The molecule has 2 rings (SSSR count). The molecule has 1 aliphatic carbocycles. The predicted molar refractivity (Wildman–Crippen MR) is 69.8 cm³/mol. The molecule has 0 bridgehead atoms. The van der Waals surface area contributed by atoms with E-state index in [2.05, 4.69) is 19.2 Å². The second kappa shape index (κ2) is 5.36. The van der Waals surface area contributed by atoms with Crippen LogP contribution in [0.2, 0.25) is 5.02 Å². The van der Waals surface area contributed by atoms with Crippen LogP contribution in [0.15, 0.2) is 18.2 Å². The van der Waals surface area contributed by atoms with E-state index in [1.165, 1.54) is 25.3 Å². The minimum Gasteiger partial charge on any atom is -0.307 e. The lowest BCUT2D eigenvalue weighted by atomic mass is 9.80. The van der Waals surface area contributed by atoms with Crippen molar-refractivity contribution >= 4 is 11.6 Å². The molecular weight excluding hydrogens is 237 g/mol. The standard InChI is InChI=1S/C14H19ClFN/c1-9(11-4-3-5-11)17-10(2)12-6-7-14(16)13(15)8-12/h6-11,17H,3-5H2,1-2H3. The topological polar surface area (TPSA) is 12.0 Å². The lowest BCUT2D eigenvalue weighted by Crippen LogP contribution is -2.38. The Morgan fingerprint density at radius 3 is 2.59 bits per heavy atom. The molecule has 0 aliphatic heterocycles. The normalized spacial score (nSPS) is 19.8. The Kier molecular flexibility index (Phi) is 4.05. The van der Waals surface area contributed by atoms with Crippen molar-refractivity contribution in [2.24, 2.45) is 5.92 Å². The van der Waals surface area contributed by atoms with Gasteiger partial charge in [-0.1, -0.05) is 24.1 Å². The van der Waals surface area contributed by atoms with Gasteiger partial charge in [0.25, 0.3) is 0 Å². The summed E-state index contributed by atoms with van der Waals surface area (Å²) in [6, 6.07) is 5.67. The van der Waals surface area contributed by atoms with Crippen LogP contribution in [0.4, 0.5) is 4.39 Å². The van der Waals surface area contributed by atoms with Gasteiger partial charge in [0.1, 0.15) is 5.82 Å². The zero-order valence-electron chi connectivity index (χ0n) is 10.3. The van der Waals surface area contributed by atoms with Crippen LogP contribution >= 0.6 is 11.6 Å². The summed E-state index contributed by atoms with van der Waals surface area (Å²) in [5.41, 5.74) is 1.04. The molecule has 1 aliphatic rings. The van der Waals surface area contributed by atoms with Gasteiger partial charge in [-0.05, 0) is 50.3 Å². The van der Waals surface area contributed by atoms with Crippen LogP contribution in [-0.4, -0.2) is 6.04 Å². The van der Waals surface area contributed by atoms with E-state index >= 15 is 0 Å². The maximum Gasteiger partial charge on any atom is 0.141 e. The first-order valence-electron chi connectivity index (χ1n) is 6.29. The van der Waals surface area contributed by atoms with Gasteiger partial charge in [-0.25, -0.2) is 4.39 Å².